The van der Waals surface area contributed by atoms with E-state index in [0.29, 0.717) is 21.8 Å². The Morgan fingerprint density at radius 2 is 1.15 bits per heavy atom. The molecule has 2 aromatic heterocycles. The smallest absolute Gasteiger partial charge is 0.357 e. The second-order valence-electron chi connectivity index (χ2n) is 23.6. The number of carbonyl (C=O) groups excluding carboxylic acids is 1. The predicted octanol–water partition coefficient (Wildman–Crippen LogP) is 4.31. The summed E-state index contributed by atoms with van der Waals surface area (Å²) < 4.78 is 11.1. The predicted molar refractivity (Wildman–Crippen MR) is 377 cm³/mol. The number of hydrogen-bond donors (Lipinski definition) is 22. The Morgan fingerprint density at radius 3 is 1.72 bits per heavy atom. The number of fused-ring (bicyclic) bond motifs is 2. The molecule has 2 aliphatic heterocycles. The number of ether oxygens (including phenoxy) is 2. The average Bonchev–Trinajstić information content (AvgIpc) is 1.77. The van der Waals surface area contributed by atoms with Crippen LogP contribution in [0.25, 0.3) is 27.9 Å². The summed E-state index contributed by atoms with van der Waals surface area (Å²) in [6, 6.07) is -2.99. The molecule has 1 saturated heterocycles. The molecule has 40 heteroatoms. The zero-order valence-corrected chi connectivity index (χ0v) is 55.5. The molecule has 3 aromatic carbocycles. The topological polar surface area (TPSA) is 683 Å². The lowest BCUT2D eigenvalue weighted by Gasteiger charge is -2.23. The van der Waals surface area contributed by atoms with Gasteiger partial charge < -0.3 is 116 Å². The number of esters is 1. The van der Waals surface area contributed by atoms with E-state index in [9.17, 15) is 116 Å². The van der Waals surface area contributed by atoms with Gasteiger partial charge in [0.05, 0.1) is 38.4 Å². The standard InChI is InChI=1S/C65H74N14O26/c1-26(16-44(83)84)48-60(98)74-41(18-31-23-68-36-11-7-5-9-34(31)36)65(103)105-27(2)49(78-59(97)42(25-80)75-64(102)53-28(3)104-53)61(99)72-37(17-30-22-67-35-10-6-4-8-33(30)35)56(94)70-39(20-46(87)88)57(95)71-40(21-47(89)90)58(96)79-50(29-12-14-32(81)15-13-29)62(100)73-38(19-45(85)86)55(93)69-24-43(82)76-51(63(101)77-48)52(91)54(66)92/h4-15,18,22-23,26-28,37-40,42,48-53,67-68,80-81,91H,16-17,19-21,24-25H2,1-3H3,(H2,66,92)(H,69,93)(H,70,94)(H,71,95)(H,72,99)(H,73,100)(H,74,98)(H,75,102)(H,76,82)(H,77,101)(H,78,97)(H,79,96)(H,83,84)(H,85,86)(H,87,88)(H,89,90)/b41-18-/t26-,27-,28?,37-,38+,39+,40+,42+,48+,49+,50-,51-,52+,53?/m1/s1. The number of nitrogens with one attached hydrogen (secondary N) is 3. The first kappa shape index (κ1) is 79.5. The summed E-state index contributed by atoms with van der Waals surface area (Å²) in [7, 11) is 0. The first-order chi connectivity index (χ1) is 49.6. The van der Waals surface area contributed by atoms with Gasteiger partial charge in [0.2, 0.25) is 70.8 Å². The van der Waals surface area contributed by atoms with Crippen LogP contribution in [-0.4, -0.2) is 294 Å². The van der Waals surface area contributed by atoms with Crippen molar-refractivity contribution in [2.75, 3.05) is 13.2 Å². The van der Waals surface area contributed by atoms with Gasteiger partial charge in [-0.3, -0.25) is 24.6 Å². The fourth-order valence-corrected chi connectivity index (χ4v) is 10.3. The number of benzene rings is 3. The molecule has 40 nitrogen and oxygen atoms in total. The molecule has 4 heterocycles. The summed E-state index contributed by atoms with van der Waals surface area (Å²) in [6.45, 7) is 1.25. The number of aliphatic carboxylic acids is 4. The van der Waals surface area contributed by atoms with E-state index in [4.69, 9.17) is 14.9 Å². The van der Waals surface area contributed by atoms with E-state index in [2.05, 4.69) is 64.9 Å². The number of aliphatic hydroxyl groups excluding tert-OH is 14. The lowest BCUT2D eigenvalue weighted by Crippen LogP contribution is -2.41. The van der Waals surface area contributed by atoms with Crippen LogP contribution >= 0.6 is 0 Å². The highest BCUT2D eigenvalue weighted by molar-refractivity contribution is 6.02. The number of carboxylic acid groups (broad SMARTS) is 4. The number of phenolic OH excluding ortho intramolecular Hbond substituents is 1. The van der Waals surface area contributed by atoms with Crippen molar-refractivity contribution in [2.24, 2.45) is 60.8 Å². The lowest BCUT2D eigenvalue weighted by molar-refractivity contribution is -0.144. The van der Waals surface area contributed by atoms with E-state index in [1.54, 1.807) is 55.5 Å². The van der Waals surface area contributed by atoms with Crippen LogP contribution in [0.5, 0.6) is 5.75 Å². The molecular formula is C65H74N14O26. The Labute approximate surface area is 591 Å². The average molecular weight is 1470 g/mol. The van der Waals surface area contributed by atoms with Gasteiger partial charge in [0, 0.05) is 46.2 Å². The van der Waals surface area contributed by atoms with Gasteiger partial charge in [0.1, 0.15) is 48.6 Å². The maximum atomic E-state index is 15.0. The van der Waals surface area contributed by atoms with E-state index < -0.39 is 242 Å². The van der Waals surface area contributed by atoms with Gasteiger partial charge in [-0.2, -0.15) is 0 Å². The quantitative estimate of drug-likeness (QED) is 0.0170. The fourth-order valence-electron chi connectivity index (χ4n) is 10.3. The summed E-state index contributed by atoms with van der Waals surface area (Å²) in [4.78, 5) is 114. The number of aliphatic hydroxyl groups is 14. The molecule has 22 N–H and O–H groups in total. The summed E-state index contributed by atoms with van der Waals surface area (Å²) >= 11 is 0. The molecule has 105 heavy (non-hydrogen) atoms. The van der Waals surface area contributed by atoms with Crippen molar-refractivity contribution >= 4 is 129 Å². The van der Waals surface area contributed by atoms with E-state index in [0.717, 1.165) is 44.2 Å². The number of carboxylic acids is 4. The Morgan fingerprint density at radius 1 is 0.619 bits per heavy atom. The molecule has 0 amide bonds. The molecule has 0 aliphatic carbocycles. The second kappa shape index (κ2) is 35.6. The number of hydrogen-bond acceptors (Lipinski definition) is 22. The number of phenols is 1. The number of para-hydroxylation sites is 2. The van der Waals surface area contributed by atoms with Crippen molar-refractivity contribution < 1.29 is 130 Å². The molecule has 0 bridgehead atoms. The minimum atomic E-state index is -2.70. The Balaban J connectivity index is 1.55. The van der Waals surface area contributed by atoms with E-state index >= 15 is 4.79 Å². The van der Waals surface area contributed by atoms with Gasteiger partial charge in [-0.15, -0.1) is 0 Å². The maximum absolute atomic E-state index is 15.0. The molecule has 14 atom stereocenters. The number of cyclic esters (lactones) is 1. The largest absolute Gasteiger partial charge is 0.508 e. The van der Waals surface area contributed by atoms with Crippen LogP contribution in [0.1, 0.15) is 69.2 Å². The van der Waals surface area contributed by atoms with Crippen molar-refractivity contribution in [1.29, 1.82) is 5.41 Å². The number of aromatic amines is 2. The number of aliphatic imine (C=N–C) groups is 11. The highest BCUT2D eigenvalue weighted by atomic mass is 16.6. The molecule has 0 spiro atoms. The summed E-state index contributed by atoms with van der Waals surface area (Å²) in [5, 5.41) is 219. The maximum Gasteiger partial charge on any atom is 0.357 e. The van der Waals surface area contributed by atoms with Crippen LogP contribution < -0.4 is 0 Å². The van der Waals surface area contributed by atoms with Crippen molar-refractivity contribution in [3.8, 4) is 5.75 Å². The van der Waals surface area contributed by atoms with Gasteiger partial charge in [-0.25, -0.2) is 59.7 Å². The number of aromatic nitrogens is 2. The molecule has 7 rings (SSSR count). The molecule has 2 aliphatic rings. The lowest BCUT2D eigenvalue weighted by atomic mass is 9.98. The minimum absolute atomic E-state index is 0.110. The first-order valence-corrected chi connectivity index (χ1v) is 31.4. The zero-order chi connectivity index (χ0) is 77.3. The molecule has 560 valence electrons. The van der Waals surface area contributed by atoms with Crippen LogP contribution in [0.3, 0.4) is 0 Å². The van der Waals surface area contributed by atoms with Crippen molar-refractivity contribution in [3.63, 3.8) is 0 Å². The summed E-state index contributed by atoms with van der Waals surface area (Å²) in [5.74, 6) is -26.7. The third kappa shape index (κ3) is 21.8. The Bertz CT molecular complexity index is 4440. The van der Waals surface area contributed by atoms with Gasteiger partial charge >= 0.3 is 29.8 Å². The van der Waals surface area contributed by atoms with Crippen LogP contribution in [0.15, 0.2) is 146 Å². The van der Waals surface area contributed by atoms with Crippen LogP contribution in [0, 0.1) is 11.3 Å². The number of carbonyl (C=O) groups is 5. The molecule has 0 saturated carbocycles. The van der Waals surface area contributed by atoms with Gasteiger partial charge in [-0.1, -0.05) is 55.5 Å². The van der Waals surface area contributed by atoms with Gasteiger partial charge in [0.25, 0.3) is 0 Å². The number of nitrogens with zero attached hydrogens (tertiary/aromatic N) is 11. The van der Waals surface area contributed by atoms with Crippen LogP contribution in [0.4, 0.5) is 0 Å². The zero-order valence-electron chi connectivity index (χ0n) is 55.5. The Kier molecular flexibility index (Phi) is 27.0. The molecule has 5 aromatic rings. The van der Waals surface area contributed by atoms with Gasteiger partial charge in [-0.05, 0) is 61.2 Å². The third-order valence-electron chi connectivity index (χ3n) is 15.7. The van der Waals surface area contributed by atoms with Crippen molar-refractivity contribution in [1.82, 2.24) is 9.97 Å². The second-order valence-corrected chi connectivity index (χ2v) is 23.6. The fraction of sp³-hybridized carbons (Fsp3) is 0.369. The molecule has 2 unspecified atom stereocenters. The van der Waals surface area contributed by atoms with Crippen molar-refractivity contribution in [3.05, 3.63) is 108 Å². The van der Waals surface area contributed by atoms with E-state index in [1.807, 2.05) is 0 Å². The van der Waals surface area contributed by atoms with Crippen LogP contribution in [-0.2, 0) is 39.9 Å². The SMILES string of the molecule is CC1OC1C(O)=N[C@@H](CO)C(O)=N[C@@H]1C(O)=N[C@H](Cc2c[nH]c3ccccc23)C(O)=N[C@@H](CC(=O)O)C(O)=N[C@@H](CC(=O)O)C(O)=N[C@H](c2ccc(O)cc2)C(O)=N[C@@H](CC(=O)O)C(O)=NCC(O)=N[C@H]([C@H](O)C(=N)O)C(O)=N[C@@H]([C@H](C)CC(=O)O)C(O)=N/C(=C\c2c[nH]c3ccccc23)C(=O)O[C@@H]1C. The summed E-state index contributed by atoms with van der Waals surface area (Å²) in [5.41, 5.74) is 0.0792. The van der Waals surface area contributed by atoms with Crippen molar-refractivity contribution in [2.45, 2.75) is 132 Å². The third-order valence-corrected chi connectivity index (χ3v) is 15.7. The number of rotatable bonds is 20. The number of aromatic hydroxyl groups is 1. The minimum Gasteiger partial charge on any atom is -0.508 e. The molecular weight excluding hydrogens is 1390 g/mol. The highest BCUT2D eigenvalue weighted by Crippen LogP contribution is 2.28. The Hall–Kier alpha value is -12.9. The number of epoxide rings is 1. The van der Waals surface area contributed by atoms with E-state index in [1.165, 1.54) is 12.4 Å². The normalized spacial score (nSPS) is 24.8. The first-order valence-electron chi connectivity index (χ1n) is 31.4. The van der Waals surface area contributed by atoms with E-state index in [-0.39, 0.29) is 16.7 Å². The summed E-state index contributed by atoms with van der Waals surface area (Å²) in [6.07, 6.45) is -8.05. The van der Waals surface area contributed by atoms with Gasteiger partial charge in [0.15, 0.2) is 42.1 Å². The molecule has 1 fully saturated rings. The molecule has 0 radical (unpaired) electrons. The highest BCUT2D eigenvalue weighted by Gasteiger charge is 2.41. The van der Waals surface area contributed by atoms with Crippen LogP contribution in [0.2, 0.25) is 0 Å². The number of H-pyrrole nitrogens is 2. The monoisotopic (exact) mass is 1470 g/mol.